The van der Waals surface area contributed by atoms with Crippen molar-refractivity contribution in [2.24, 2.45) is 5.73 Å². The predicted octanol–water partition coefficient (Wildman–Crippen LogP) is -0.141. The maximum Gasteiger partial charge on any atom is 0.340 e. The fraction of sp³-hybridized carbons (Fsp3) is 0.333. The van der Waals surface area contributed by atoms with Gasteiger partial charge < -0.3 is 10.8 Å². The summed E-state index contributed by atoms with van der Waals surface area (Å²) in [4.78, 5) is 14.3. The number of aliphatic hydroxyl groups is 1. The minimum absolute atomic E-state index is 0.0141. The Bertz CT molecular complexity index is 484. The van der Waals surface area contributed by atoms with Crippen molar-refractivity contribution in [1.29, 1.82) is 0 Å². The van der Waals surface area contributed by atoms with Gasteiger partial charge in [0.25, 0.3) is 9.84 Å². The highest BCUT2D eigenvalue weighted by Crippen LogP contribution is 2.11. The summed E-state index contributed by atoms with van der Waals surface area (Å²) in [5.41, 5.74) is 5.43. The van der Waals surface area contributed by atoms with Crippen molar-refractivity contribution in [3.63, 3.8) is 0 Å². The van der Waals surface area contributed by atoms with Gasteiger partial charge in [-0.1, -0.05) is 0 Å². The number of nitrogens with two attached hydrogens (primary N) is 1. The van der Waals surface area contributed by atoms with Crippen LogP contribution in [0.5, 0.6) is 0 Å². The van der Waals surface area contributed by atoms with Crippen molar-refractivity contribution < 1.29 is 18.3 Å². The zero-order chi connectivity index (χ0) is 12.2. The molecule has 1 aromatic rings. The van der Waals surface area contributed by atoms with E-state index in [2.05, 4.69) is 4.98 Å². The van der Waals surface area contributed by atoms with Gasteiger partial charge >= 0.3 is 5.24 Å². The van der Waals surface area contributed by atoms with Crippen LogP contribution in [0.3, 0.4) is 0 Å². The number of aromatic nitrogens is 1. The third-order valence-electron chi connectivity index (χ3n) is 1.96. The SMILES string of the molecule is NC(=O)S(=O)(=O)c1cc(CCCO)ccn1. The molecule has 0 aliphatic rings. The number of hydrogen-bond acceptors (Lipinski definition) is 5. The van der Waals surface area contributed by atoms with Crippen molar-refractivity contribution in [2.75, 3.05) is 6.61 Å². The third kappa shape index (κ3) is 2.77. The number of carbonyl (C=O) groups excluding carboxylic acids is 1. The Kier molecular flexibility index (Phi) is 3.97. The van der Waals surface area contributed by atoms with E-state index in [-0.39, 0.29) is 11.6 Å². The average Bonchev–Trinajstić information content (AvgIpc) is 2.26. The molecular weight excluding hydrogens is 232 g/mol. The Morgan fingerprint density at radius 2 is 2.19 bits per heavy atom. The van der Waals surface area contributed by atoms with Gasteiger partial charge in [-0.25, -0.2) is 13.4 Å². The van der Waals surface area contributed by atoms with E-state index >= 15 is 0 Å². The summed E-state index contributed by atoms with van der Waals surface area (Å²) in [6.45, 7) is 0.0141. The standard InChI is InChI=1S/C9H12N2O4S/c10-9(13)16(14,15)8-6-7(2-1-5-12)3-4-11-8/h3-4,6,12H,1-2,5H2,(H2,10,13). The quantitative estimate of drug-likeness (QED) is 0.765. The number of pyridine rings is 1. The molecule has 1 aromatic heterocycles. The number of carbonyl (C=O) groups is 1. The molecular formula is C9H12N2O4S. The summed E-state index contributed by atoms with van der Waals surface area (Å²) in [7, 11) is -4.16. The van der Waals surface area contributed by atoms with E-state index in [1.165, 1.54) is 12.3 Å². The van der Waals surface area contributed by atoms with Crippen molar-refractivity contribution in [1.82, 2.24) is 4.98 Å². The van der Waals surface area contributed by atoms with Gasteiger partial charge in [0.05, 0.1) is 0 Å². The molecule has 7 heteroatoms. The van der Waals surface area contributed by atoms with Crippen LogP contribution < -0.4 is 5.73 Å². The van der Waals surface area contributed by atoms with Crippen LogP contribution >= 0.6 is 0 Å². The van der Waals surface area contributed by atoms with Gasteiger partial charge in [0.1, 0.15) is 0 Å². The summed E-state index contributed by atoms with van der Waals surface area (Å²) in [6, 6.07) is 2.91. The first-order valence-corrected chi connectivity index (χ1v) is 6.07. The second-order valence-electron chi connectivity index (χ2n) is 3.15. The molecule has 1 rings (SSSR count). The zero-order valence-electron chi connectivity index (χ0n) is 8.46. The van der Waals surface area contributed by atoms with Crippen LogP contribution in [0.15, 0.2) is 23.4 Å². The number of amides is 1. The normalized spacial score (nSPS) is 11.3. The molecule has 0 saturated heterocycles. The lowest BCUT2D eigenvalue weighted by molar-refractivity contribution is 0.265. The Morgan fingerprint density at radius 1 is 1.50 bits per heavy atom. The maximum atomic E-state index is 11.4. The van der Waals surface area contributed by atoms with Crippen LogP contribution in [0.4, 0.5) is 4.79 Å². The van der Waals surface area contributed by atoms with Gasteiger partial charge in [0.15, 0.2) is 5.03 Å². The van der Waals surface area contributed by atoms with Gasteiger partial charge in [-0.15, -0.1) is 0 Å². The lowest BCUT2D eigenvalue weighted by Crippen LogP contribution is -2.22. The largest absolute Gasteiger partial charge is 0.396 e. The van der Waals surface area contributed by atoms with Gasteiger partial charge in [0.2, 0.25) is 0 Å². The third-order valence-corrected chi connectivity index (χ3v) is 3.27. The zero-order valence-corrected chi connectivity index (χ0v) is 9.27. The molecule has 16 heavy (non-hydrogen) atoms. The van der Waals surface area contributed by atoms with E-state index in [0.29, 0.717) is 18.4 Å². The molecule has 1 amide bonds. The predicted molar refractivity (Wildman–Crippen MR) is 56.4 cm³/mol. The Balaban J connectivity index is 3.03. The van der Waals surface area contributed by atoms with E-state index in [9.17, 15) is 13.2 Å². The molecule has 0 radical (unpaired) electrons. The van der Waals surface area contributed by atoms with E-state index < -0.39 is 15.1 Å². The highest BCUT2D eigenvalue weighted by Gasteiger charge is 2.23. The Hall–Kier alpha value is -1.47. The number of aliphatic hydroxyl groups excluding tert-OH is 1. The first kappa shape index (κ1) is 12.6. The van der Waals surface area contributed by atoms with Crippen LogP contribution in [0.1, 0.15) is 12.0 Å². The van der Waals surface area contributed by atoms with Crippen molar-refractivity contribution in [2.45, 2.75) is 17.9 Å². The lowest BCUT2D eigenvalue weighted by atomic mass is 10.1. The van der Waals surface area contributed by atoms with Crippen LogP contribution in [-0.4, -0.2) is 30.4 Å². The molecule has 0 unspecified atom stereocenters. The van der Waals surface area contributed by atoms with Gasteiger partial charge in [-0.2, -0.15) is 0 Å². The molecule has 0 fully saturated rings. The Labute approximate surface area is 93.0 Å². The van der Waals surface area contributed by atoms with Gasteiger partial charge in [0, 0.05) is 12.8 Å². The molecule has 88 valence electrons. The molecule has 1 heterocycles. The smallest absolute Gasteiger partial charge is 0.340 e. The summed E-state index contributed by atoms with van der Waals surface area (Å²) in [5.74, 6) is 0. The minimum Gasteiger partial charge on any atom is -0.396 e. The lowest BCUT2D eigenvalue weighted by Gasteiger charge is -2.02. The molecule has 0 saturated carbocycles. The van der Waals surface area contributed by atoms with Crippen LogP contribution in [0.25, 0.3) is 0 Å². The number of sulfone groups is 1. The molecule has 0 bridgehead atoms. The highest BCUT2D eigenvalue weighted by atomic mass is 32.2. The van der Waals surface area contributed by atoms with Crippen LogP contribution in [0.2, 0.25) is 0 Å². The van der Waals surface area contributed by atoms with Crippen molar-refractivity contribution >= 4 is 15.1 Å². The van der Waals surface area contributed by atoms with E-state index in [1.807, 2.05) is 0 Å². The molecule has 0 aromatic carbocycles. The number of primary amides is 1. The van der Waals surface area contributed by atoms with Gasteiger partial charge in [-0.3, -0.25) is 4.79 Å². The molecule has 0 spiro atoms. The van der Waals surface area contributed by atoms with E-state index in [0.717, 1.165) is 0 Å². The molecule has 0 atom stereocenters. The highest BCUT2D eigenvalue weighted by molar-refractivity contribution is 8.05. The maximum absolute atomic E-state index is 11.4. The summed E-state index contributed by atoms with van der Waals surface area (Å²) >= 11 is 0. The summed E-state index contributed by atoms with van der Waals surface area (Å²) < 4.78 is 22.7. The fourth-order valence-electron chi connectivity index (χ4n) is 1.14. The molecule has 3 N–H and O–H groups in total. The Morgan fingerprint density at radius 3 is 2.75 bits per heavy atom. The second kappa shape index (κ2) is 5.04. The van der Waals surface area contributed by atoms with Crippen LogP contribution in [0, 0.1) is 0 Å². The van der Waals surface area contributed by atoms with E-state index in [1.54, 1.807) is 6.07 Å². The van der Waals surface area contributed by atoms with Crippen LogP contribution in [-0.2, 0) is 16.3 Å². The number of rotatable bonds is 4. The first-order chi connectivity index (χ1) is 7.48. The minimum atomic E-state index is -4.16. The van der Waals surface area contributed by atoms with E-state index in [4.69, 9.17) is 10.8 Å². The van der Waals surface area contributed by atoms with Crippen molar-refractivity contribution in [3.05, 3.63) is 23.9 Å². The first-order valence-electron chi connectivity index (χ1n) is 4.59. The monoisotopic (exact) mass is 244 g/mol. The number of nitrogens with zero attached hydrogens (tertiary/aromatic N) is 1. The topological polar surface area (TPSA) is 110 Å². The molecule has 0 aliphatic heterocycles. The summed E-state index contributed by atoms with van der Waals surface area (Å²) in [5, 5.41) is 6.87. The van der Waals surface area contributed by atoms with Gasteiger partial charge in [-0.05, 0) is 30.5 Å². The molecule has 6 nitrogen and oxygen atoms in total. The molecule has 0 aliphatic carbocycles. The summed E-state index contributed by atoms with van der Waals surface area (Å²) in [6.07, 6.45) is 2.32. The van der Waals surface area contributed by atoms with Crippen molar-refractivity contribution in [3.8, 4) is 0 Å². The fourth-order valence-corrected chi connectivity index (χ4v) is 1.85. The average molecular weight is 244 g/mol. The number of hydrogen-bond donors (Lipinski definition) is 2. The number of aryl methyl sites for hydroxylation is 1. The second-order valence-corrected chi connectivity index (χ2v) is 4.98.